The third-order valence-corrected chi connectivity index (χ3v) is 4.10. The maximum Gasteiger partial charge on any atom is 0.0409 e. The van der Waals surface area contributed by atoms with Gasteiger partial charge in [0.1, 0.15) is 0 Å². The van der Waals surface area contributed by atoms with Gasteiger partial charge in [0.25, 0.3) is 0 Å². The van der Waals surface area contributed by atoms with Gasteiger partial charge in [-0.15, -0.1) is 0 Å². The van der Waals surface area contributed by atoms with E-state index in [1.807, 2.05) is 18.2 Å². The van der Waals surface area contributed by atoms with E-state index < -0.39 is 0 Å². The van der Waals surface area contributed by atoms with Gasteiger partial charge in [-0.1, -0.05) is 23.7 Å². The van der Waals surface area contributed by atoms with Gasteiger partial charge in [-0.3, -0.25) is 0 Å². The second kappa shape index (κ2) is 4.36. The maximum atomic E-state index is 5.94. The fourth-order valence-electron chi connectivity index (χ4n) is 2.88. The van der Waals surface area contributed by atoms with E-state index in [2.05, 4.69) is 16.7 Å². The normalized spacial score (nSPS) is 31.4. The lowest BCUT2D eigenvalue weighted by Crippen LogP contribution is -2.23. The summed E-state index contributed by atoms with van der Waals surface area (Å²) in [5, 5.41) is 7.78. The minimum Gasteiger partial charge on any atom is -0.316 e. The van der Waals surface area contributed by atoms with Crippen molar-refractivity contribution in [3.63, 3.8) is 0 Å². The predicted octanol–water partition coefficient (Wildman–Crippen LogP) is 1.89. The minimum atomic E-state index is 0.826. The number of piperidine rings is 1. The maximum absolute atomic E-state index is 5.94. The Hall–Kier alpha value is -0.570. The Bertz CT molecular complexity index is 370. The topological polar surface area (TPSA) is 24.1 Å². The summed E-state index contributed by atoms with van der Waals surface area (Å²) in [6.45, 7) is 4.55. The molecule has 86 valence electrons. The number of rotatable bonds is 4. The molecule has 1 aromatic rings. The van der Waals surface area contributed by atoms with Gasteiger partial charge < -0.3 is 10.6 Å². The monoisotopic (exact) mass is 236 g/mol. The molecule has 1 aliphatic heterocycles. The van der Waals surface area contributed by atoms with E-state index in [9.17, 15) is 0 Å². The third kappa shape index (κ3) is 2.10. The molecule has 2 aliphatic rings. The fraction of sp³-hybridized carbons (Fsp3) is 0.538. The average molecular weight is 237 g/mol. The number of hydrogen-bond donors (Lipinski definition) is 2. The van der Waals surface area contributed by atoms with Crippen LogP contribution in [-0.4, -0.2) is 19.6 Å². The van der Waals surface area contributed by atoms with Crippen LogP contribution in [0.2, 0.25) is 5.02 Å². The summed E-state index contributed by atoms with van der Waals surface area (Å²) >= 11 is 5.94. The molecule has 2 fully saturated rings. The first-order valence-corrected chi connectivity index (χ1v) is 6.38. The van der Waals surface area contributed by atoms with E-state index in [1.54, 1.807) is 0 Å². The van der Waals surface area contributed by atoms with Crippen molar-refractivity contribution < 1.29 is 0 Å². The van der Waals surface area contributed by atoms with Gasteiger partial charge in [0.15, 0.2) is 0 Å². The van der Waals surface area contributed by atoms with Crippen LogP contribution in [0.4, 0.5) is 0 Å². The summed E-state index contributed by atoms with van der Waals surface area (Å²) < 4.78 is 0. The van der Waals surface area contributed by atoms with Crippen molar-refractivity contribution in [2.45, 2.75) is 6.54 Å². The quantitative estimate of drug-likeness (QED) is 0.835. The van der Waals surface area contributed by atoms with Gasteiger partial charge >= 0.3 is 0 Å². The molecule has 1 aromatic carbocycles. The average Bonchev–Trinajstić information content (AvgIpc) is 2.73. The van der Waals surface area contributed by atoms with Crippen LogP contribution < -0.4 is 10.6 Å². The fourth-order valence-corrected chi connectivity index (χ4v) is 3.09. The second-order valence-corrected chi connectivity index (χ2v) is 5.35. The second-order valence-electron chi connectivity index (χ2n) is 4.91. The molecule has 0 spiro atoms. The standard InChI is InChI=1S/C13H17ClN2/c14-10-3-1-2-9(4-10)5-15-6-11-12-7-16-8-13(11)12/h1-4,11-13,15-16H,5-8H2. The summed E-state index contributed by atoms with van der Waals surface area (Å²) in [6, 6.07) is 8.08. The number of halogens is 1. The van der Waals surface area contributed by atoms with Gasteiger partial charge in [0.05, 0.1) is 0 Å². The Balaban J connectivity index is 1.44. The molecule has 0 bridgehead atoms. The zero-order valence-corrected chi connectivity index (χ0v) is 10.0. The Morgan fingerprint density at radius 1 is 1.31 bits per heavy atom. The van der Waals surface area contributed by atoms with Crippen LogP contribution in [0.5, 0.6) is 0 Å². The largest absolute Gasteiger partial charge is 0.316 e. The van der Waals surface area contributed by atoms with Crippen molar-refractivity contribution in [3.8, 4) is 0 Å². The van der Waals surface area contributed by atoms with Crippen molar-refractivity contribution in [1.82, 2.24) is 10.6 Å². The highest BCUT2D eigenvalue weighted by Crippen LogP contribution is 2.47. The van der Waals surface area contributed by atoms with Crippen LogP contribution in [-0.2, 0) is 6.54 Å². The summed E-state index contributed by atoms with van der Waals surface area (Å²) in [5.41, 5.74) is 1.27. The van der Waals surface area contributed by atoms with E-state index in [4.69, 9.17) is 11.6 Å². The van der Waals surface area contributed by atoms with Crippen molar-refractivity contribution in [1.29, 1.82) is 0 Å². The Morgan fingerprint density at radius 3 is 2.88 bits per heavy atom. The van der Waals surface area contributed by atoms with E-state index in [1.165, 1.54) is 18.7 Å². The minimum absolute atomic E-state index is 0.826. The molecule has 3 rings (SSSR count). The van der Waals surface area contributed by atoms with Gasteiger partial charge in [-0.05, 0) is 55.1 Å². The lowest BCUT2D eigenvalue weighted by atomic mass is 10.2. The summed E-state index contributed by atoms with van der Waals surface area (Å²) in [5.74, 6) is 2.82. The zero-order valence-electron chi connectivity index (χ0n) is 9.25. The lowest BCUT2D eigenvalue weighted by molar-refractivity contribution is 0.539. The summed E-state index contributed by atoms with van der Waals surface area (Å²) in [4.78, 5) is 0. The third-order valence-electron chi connectivity index (χ3n) is 3.87. The van der Waals surface area contributed by atoms with Gasteiger partial charge in [0.2, 0.25) is 0 Å². The van der Waals surface area contributed by atoms with Crippen molar-refractivity contribution in [2.24, 2.45) is 17.8 Å². The van der Waals surface area contributed by atoms with Crippen LogP contribution in [0, 0.1) is 17.8 Å². The molecule has 2 nitrogen and oxygen atoms in total. The molecule has 1 aliphatic carbocycles. The number of benzene rings is 1. The molecule has 0 radical (unpaired) electrons. The van der Waals surface area contributed by atoms with E-state index in [-0.39, 0.29) is 0 Å². The van der Waals surface area contributed by atoms with E-state index in [0.717, 1.165) is 35.9 Å². The van der Waals surface area contributed by atoms with Crippen molar-refractivity contribution >= 4 is 11.6 Å². The van der Waals surface area contributed by atoms with Crippen LogP contribution in [0.3, 0.4) is 0 Å². The smallest absolute Gasteiger partial charge is 0.0409 e. The Morgan fingerprint density at radius 2 is 2.12 bits per heavy atom. The first-order chi connectivity index (χ1) is 7.84. The molecule has 1 saturated carbocycles. The highest BCUT2D eigenvalue weighted by Gasteiger charge is 2.51. The van der Waals surface area contributed by atoms with Crippen molar-refractivity contribution in [2.75, 3.05) is 19.6 Å². The van der Waals surface area contributed by atoms with E-state index in [0.29, 0.717) is 0 Å². The number of hydrogen-bond acceptors (Lipinski definition) is 2. The molecular weight excluding hydrogens is 220 g/mol. The molecule has 2 unspecified atom stereocenters. The molecule has 1 saturated heterocycles. The summed E-state index contributed by atoms with van der Waals surface area (Å²) in [6.07, 6.45) is 0. The Labute approximate surface area is 101 Å². The van der Waals surface area contributed by atoms with Crippen LogP contribution >= 0.6 is 11.6 Å². The summed E-state index contributed by atoms with van der Waals surface area (Å²) in [7, 11) is 0. The first-order valence-electron chi connectivity index (χ1n) is 6.00. The van der Waals surface area contributed by atoms with Gasteiger partial charge in [0, 0.05) is 11.6 Å². The Kier molecular flexibility index (Phi) is 2.88. The van der Waals surface area contributed by atoms with Crippen molar-refractivity contribution in [3.05, 3.63) is 34.9 Å². The molecule has 0 aromatic heterocycles. The number of nitrogens with one attached hydrogen (secondary N) is 2. The molecule has 16 heavy (non-hydrogen) atoms. The van der Waals surface area contributed by atoms with Crippen LogP contribution in [0.1, 0.15) is 5.56 Å². The molecule has 0 amide bonds. The first kappa shape index (κ1) is 10.6. The van der Waals surface area contributed by atoms with Crippen LogP contribution in [0.15, 0.2) is 24.3 Å². The lowest BCUT2D eigenvalue weighted by Gasteiger charge is -2.07. The molecular formula is C13H17ClN2. The molecule has 1 heterocycles. The molecule has 2 atom stereocenters. The zero-order chi connectivity index (χ0) is 11.0. The molecule has 2 N–H and O–H groups in total. The van der Waals surface area contributed by atoms with Gasteiger partial charge in [-0.2, -0.15) is 0 Å². The van der Waals surface area contributed by atoms with E-state index >= 15 is 0 Å². The highest BCUT2D eigenvalue weighted by atomic mass is 35.5. The van der Waals surface area contributed by atoms with Crippen LogP contribution in [0.25, 0.3) is 0 Å². The highest BCUT2D eigenvalue weighted by molar-refractivity contribution is 6.30. The predicted molar refractivity (Wildman–Crippen MR) is 66.5 cm³/mol. The number of fused-ring (bicyclic) bond motifs is 1. The van der Waals surface area contributed by atoms with Gasteiger partial charge in [-0.25, -0.2) is 0 Å². The SMILES string of the molecule is Clc1cccc(CNCC2C3CNCC23)c1. The molecule has 3 heteroatoms.